The molecule has 116 valence electrons. The number of carboxylic acids is 1. The number of rotatable bonds is 8. The van der Waals surface area contributed by atoms with Gasteiger partial charge in [-0.3, -0.25) is 14.9 Å². The van der Waals surface area contributed by atoms with Crippen LogP contribution in [0.1, 0.15) is 58.8 Å². The summed E-state index contributed by atoms with van der Waals surface area (Å²) in [5.74, 6) is -0.400. The summed E-state index contributed by atoms with van der Waals surface area (Å²) in [6.07, 6.45) is 7.51. The molecule has 1 saturated carbocycles. The van der Waals surface area contributed by atoms with Gasteiger partial charge in [0, 0.05) is 6.54 Å². The second kappa shape index (κ2) is 8.95. The van der Waals surface area contributed by atoms with Crippen molar-refractivity contribution in [3.63, 3.8) is 0 Å². The number of hydrogen-bond acceptors (Lipinski definition) is 3. The van der Waals surface area contributed by atoms with Gasteiger partial charge in [-0.05, 0) is 32.1 Å². The lowest BCUT2D eigenvalue weighted by molar-refractivity contribution is -0.140. The number of carbonyl (C=O) groups excluding carboxylic acids is 1. The van der Waals surface area contributed by atoms with Crippen molar-refractivity contribution in [2.24, 2.45) is 5.92 Å². The fourth-order valence-corrected chi connectivity index (χ4v) is 2.73. The molecule has 2 atom stereocenters. The zero-order valence-electron chi connectivity index (χ0n) is 12.7. The van der Waals surface area contributed by atoms with Gasteiger partial charge in [0.05, 0.1) is 6.04 Å². The van der Waals surface area contributed by atoms with Crippen molar-refractivity contribution in [3.8, 4) is 0 Å². The molecule has 5 nitrogen and oxygen atoms in total. The van der Waals surface area contributed by atoms with Crippen molar-refractivity contribution in [3.05, 3.63) is 0 Å². The van der Waals surface area contributed by atoms with Crippen LogP contribution in [0.25, 0.3) is 0 Å². The van der Waals surface area contributed by atoms with Crippen molar-refractivity contribution >= 4 is 11.9 Å². The summed E-state index contributed by atoms with van der Waals surface area (Å²) >= 11 is 0. The smallest absolute Gasteiger partial charge is 0.320 e. The number of hydrogen-bond donors (Lipinski definition) is 3. The summed E-state index contributed by atoms with van der Waals surface area (Å²) in [6, 6.07) is -1.11. The average Bonchev–Trinajstić information content (AvgIpc) is 2.45. The van der Waals surface area contributed by atoms with Gasteiger partial charge in [-0.2, -0.15) is 0 Å². The van der Waals surface area contributed by atoms with E-state index in [1.165, 1.54) is 32.1 Å². The lowest BCUT2D eigenvalue weighted by atomic mass is 9.89. The van der Waals surface area contributed by atoms with Crippen LogP contribution in [0.15, 0.2) is 0 Å². The van der Waals surface area contributed by atoms with E-state index in [4.69, 9.17) is 5.11 Å². The molecule has 0 radical (unpaired) electrons. The number of carbonyl (C=O) groups is 2. The third-order valence-corrected chi connectivity index (χ3v) is 4.01. The largest absolute Gasteiger partial charge is 0.480 e. The topological polar surface area (TPSA) is 78.4 Å². The van der Waals surface area contributed by atoms with E-state index in [0.29, 0.717) is 12.3 Å². The van der Waals surface area contributed by atoms with E-state index >= 15 is 0 Å². The zero-order chi connectivity index (χ0) is 15.0. The van der Waals surface area contributed by atoms with Gasteiger partial charge in [0.1, 0.15) is 6.04 Å². The molecule has 20 heavy (non-hydrogen) atoms. The summed E-state index contributed by atoms with van der Waals surface area (Å²) in [7, 11) is 0. The van der Waals surface area contributed by atoms with Crippen LogP contribution in [0.2, 0.25) is 0 Å². The van der Waals surface area contributed by atoms with Gasteiger partial charge in [0.25, 0.3) is 0 Å². The highest BCUT2D eigenvalue weighted by atomic mass is 16.4. The molecule has 0 aromatic carbocycles. The lowest BCUT2D eigenvalue weighted by Gasteiger charge is -2.24. The highest BCUT2D eigenvalue weighted by Crippen LogP contribution is 2.22. The monoisotopic (exact) mass is 284 g/mol. The quantitative estimate of drug-likeness (QED) is 0.636. The third kappa shape index (κ3) is 5.90. The minimum atomic E-state index is -0.890. The summed E-state index contributed by atoms with van der Waals surface area (Å²) in [4.78, 5) is 23.0. The maximum absolute atomic E-state index is 12.0. The molecule has 2 unspecified atom stereocenters. The van der Waals surface area contributed by atoms with Gasteiger partial charge in [-0.1, -0.05) is 32.6 Å². The molecule has 5 heteroatoms. The molecule has 0 aromatic heterocycles. The highest BCUT2D eigenvalue weighted by Gasteiger charge is 2.23. The first-order valence-electron chi connectivity index (χ1n) is 7.81. The van der Waals surface area contributed by atoms with E-state index in [9.17, 15) is 9.59 Å². The van der Waals surface area contributed by atoms with Gasteiger partial charge in [0.15, 0.2) is 0 Å². The highest BCUT2D eigenvalue weighted by molar-refractivity contribution is 5.82. The zero-order valence-corrected chi connectivity index (χ0v) is 12.7. The molecule has 1 amide bonds. The SMILES string of the molecule is CCCC(NC(C)C(=O)NCC1CCCCC1)C(=O)O. The maximum atomic E-state index is 12.0. The van der Waals surface area contributed by atoms with E-state index in [0.717, 1.165) is 13.0 Å². The molecular formula is C15H28N2O3. The van der Waals surface area contributed by atoms with Crippen LogP contribution in [-0.4, -0.2) is 35.6 Å². The number of carboxylic acid groups (broad SMARTS) is 1. The first kappa shape index (κ1) is 17.0. The minimum absolute atomic E-state index is 0.0991. The summed E-state index contributed by atoms with van der Waals surface area (Å²) in [6.45, 7) is 4.38. The van der Waals surface area contributed by atoms with Crippen LogP contribution in [0.5, 0.6) is 0 Å². The second-order valence-corrected chi connectivity index (χ2v) is 5.82. The molecule has 1 fully saturated rings. The molecule has 0 aliphatic heterocycles. The Labute approximate surface area is 121 Å². The predicted molar refractivity (Wildman–Crippen MR) is 78.5 cm³/mol. The lowest BCUT2D eigenvalue weighted by Crippen LogP contribution is -2.50. The van der Waals surface area contributed by atoms with Crippen molar-refractivity contribution in [1.82, 2.24) is 10.6 Å². The second-order valence-electron chi connectivity index (χ2n) is 5.82. The number of amides is 1. The van der Waals surface area contributed by atoms with Gasteiger partial charge < -0.3 is 10.4 Å². The van der Waals surface area contributed by atoms with Gasteiger partial charge in [-0.15, -0.1) is 0 Å². The van der Waals surface area contributed by atoms with Gasteiger partial charge in [0.2, 0.25) is 5.91 Å². The average molecular weight is 284 g/mol. The standard InChI is InChI=1S/C15H28N2O3/c1-3-7-13(15(19)20)17-11(2)14(18)16-10-12-8-5-4-6-9-12/h11-13,17H,3-10H2,1-2H3,(H,16,18)(H,19,20). The summed E-state index contributed by atoms with van der Waals surface area (Å²) < 4.78 is 0. The van der Waals surface area contributed by atoms with Crippen molar-refractivity contribution in [2.45, 2.75) is 70.9 Å². The van der Waals surface area contributed by atoms with Crippen molar-refractivity contribution in [1.29, 1.82) is 0 Å². The van der Waals surface area contributed by atoms with E-state index < -0.39 is 18.1 Å². The minimum Gasteiger partial charge on any atom is -0.480 e. The van der Waals surface area contributed by atoms with Crippen LogP contribution in [0, 0.1) is 5.92 Å². The first-order chi connectivity index (χ1) is 9.54. The predicted octanol–water partition coefficient (Wildman–Crippen LogP) is 1.91. The Morgan fingerprint density at radius 3 is 2.45 bits per heavy atom. The van der Waals surface area contributed by atoms with Crippen LogP contribution in [-0.2, 0) is 9.59 Å². The molecule has 0 saturated heterocycles. The third-order valence-electron chi connectivity index (χ3n) is 4.01. The molecule has 0 aromatic rings. The van der Waals surface area contributed by atoms with Crippen LogP contribution in [0.4, 0.5) is 0 Å². The number of aliphatic carboxylic acids is 1. The van der Waals surface area contributed by atoms with Crippen LogP contribution in [0.3, 0.4) is 0 Å². The van der Waals surface area contributed by atoms with Gasteiger partial charge in [-0.25, -0.2) is 0 Å². The Balaban J connectivity index is 2.31. The van der Waals surface area contributed by atoms with Crippen molar-refractivity contribution in [2.75, 3.05) is 6.54 Å². The number of nitrogens with one attached hydrogen (secondary N) is 2. The molecule has 1 rings (SSSR count). The molecule has 1 aliphatic carbocycles. The summed E-state index contributed by atoms with van der Waals surface area (Å²) in [5.41, 5.74) is 0. The Kier molecular flexibility index (Phi) is 7.59. The van der Waals surface area contributed by atoms with E-state index in [2.05, 4.69) is 10.6 Å². The maximum Gasteiger partial charge on any atom is 0.320 e. The normalized spacial score (nSPS) is 19.3. The Morgan fingerprint density at radius 2 is 1.90 bits per heavy atom. The molecule has 3 N–H and O–H groups in total. The molecule has 0 spiro atoms. The van der Waals surface area contributed by atoms with Crippen molar-refractivity contribution < 1.29 is 14.7 Å². The van der Waals surface area contributed by atoms with Gasteiger partial charge >= 0.3 is 5.97 Å². The first-order valence-corrected chi connectivity index (χ1v) is 7.81. The van der Waals surface area contributed by atoms with Crippen LogP contribution < -0.4 is 10.6 Å². The summed E-state index contributed by atoms with van der Waals surface area (Å²) in [5, 5.41) is 14.9. The Hall–Kier alpha value is -1.10. The molecule has 0 heterocycles. The van der Waals surface area contributed by atoms with Crippen LogP contribution >= 0.6 is 0 Å². The fraction of sp³-hybridized carbons (Fsp3) is 0.867. The molecule has 0 bridgehead atoms. The molecule has 1 aliphatic rings. The van der Waals surface area contributed by atoms with E-state index in [-0.39, 0.29) is 5.91 Å². The molecular weight excluding hydrogens is 256 g/mol. The fourth-order valence-electron chi connectivity index (χ4n) is 2.73. The van der Waals surface area contributed by atoms with E-state index in [1.54, 1.807) is 6.92 Å². The van der Waals surface area contributed by atoms with E-state index in [1.807, 2.05) is 6.92 Å². The Morgan fingerprint density at radius 1 is 1.25 bits per heavy atom. The Bertz CT molecular complexity index is 314.